The summed E-state index contributed by atoms with van der Waals surface area (Å²) in [6.07, 6.45) is 1.01. The zero-order chi connectivity index (χ0) is 25.3. The van der Waals surface area contributed by atoms with Crippen molar-refractivity contribution in [1.29, 1.82) is 0 Å². The molecule has 4 atom stereocenters. The second kappa shape index (κ2) is 13.1. The number of carbonyl (C=O) groups excluding carboxylic acids is 3. The van der Waals surface area contributed by atoms with Gasteiger partial charge in [0, 0.05) is 13.0 Å². The third-order valence-electron chi connectivity index (χ3n) is 5.48. The molecule has 6 N–H and O–H groups in total. The van der Waals surface area contributed by atoms with Gasteiger partial charge in [-0.05, 0) is 43.9 Å². The fraction of sp³-hybridized carbons (Fsp3) is 0.773. The Bertz CT molecular complexity index is 726. The lowest BCUT2D eigenvalue weighted by Gasteiger charge is -2.30. The SMILES string of the molecule is CC(C)CC(N)C(=O)NC(CCC(=O)O)C(=O)N1CCCC1C(=O)NC(CC(C)C)C(=O)O. The number of nitrogens with zero attached hydrogens (tertiary/aromatic N) is 1. The van der Waals surface area contributed by atoms with Crippen molar-refractivity contribution in [3.8, 4) is 0 Å². The molecule has 4 unspecified atom stereocenters. The molecule has 11 heteroatoms. The van der Waals surface area contributed by atoms with E-state index in [2.05, 4.69) is 10.6 Å². The van der Waals surface area contributed by atoms with Gasteiger partial charge in [-0.3, -0.25) is 19.2 Å². The largest absolute Gasteiger partial charge is 0.481 e. The Morgan fingerprint density at radius 2 is 1.58 bits per heavy atom. The summed E-state index contributed by atoms with van der Waals surface area (Å²) in [5.41, 5.74) is 5.90. The fourth-order valence-electron chi connectivity index (χ4n) is 3.88. The highest BCUT2D eigenvalue weighted by atomic mass is 16.4. The second-order valence-corrected chi connectivity index (χ2v) is 9.45. The number of hydrogen-bond donors (Lipinski definition) is 5. The van der Waals surface area contributed by atoms with Gasteiger partial charge in [0.2, 0.25) is 17.7 Å². The van der Waals surface area contributed by atoms with E-state index in [0.717, 1.165) is 0 Å². The summed E-state index contributed by atoms with van der Waals surface area (Å²) < 4.78 is 0. The number of carbonyl (C=O) groups is 5. The summed E-state index contributed by atoms with van der Waals surface area (Å²) in [5, 5.41) is 23.5. The molecule has 0 radical (unpaired) electrons. The normalized spacial score (nSPS) is 18.6. The van der Waals surface area contributed by atoms with Gasteiger partial charge in [0.1, 0.15) is 18.1 Å². The number of carboxylic acids is 2. The highest BCUT2D eigenvalue weighted by Crippen LogP contribution is 2.20. The molecule has 0 aromatic heterocycles. The van der Waals surface area contributed by atoms with Crippen LogP contribution in [0, 0.1) is 11.8 Å². The zero-order valence-corrected chi connectivity index (χ0v) is 19.9. The molecule has 0 saturated carbocycles. The number of rotatable bonds is 13. The van der Waals surface area contributed by atoms with Gasteiger partial charge in [-0.25, -0.2) is 4.79 Å². The van der Waals surface area contributed by atoms with E-state index >= 15 is 0 Å². The average molecular weight is 471 g/mol. The van der Waals surface area contributed by atoms with Crippen molar-refractivity contribution in [3.63, 3.8) is 0 Å². The van der Waals surface area contributed by atoms with E-state index in [1.807, 2.05) is 27.7 Å². The molecule has 1 saturated heterocycles. The summed E-state index contributed by atoms with van der Waals surface area (Å²) in [6.45, 7) is 7.73. The van der Waals surface area contributed by atoms with Gasteiger partial charge in [0.05, 0.1) is 6.04 Å². The molecule has 3 amide bonds. The van der Waals surface area contributed by atoms with Crippen molar-refractivity contribution in [1.82, 2.24) is 15.5 Å². The molecule has 1 fully saturated rings. The van der Waals surface area contributed by atoms with E-state index in [-0.39, 0.29) is 37.6 Å². The predicted molar refractivity (Wildman–Crippen MR) is 120 cm³/mol. The summed E-state index contributed by atoms with van der Waals surface area (Å²) in [6, 6.07) is -3.96. The monoisotopic (exact) mass is 470 g/mol. The van der Waals surface area contributed by atoms with Crippen molar-refractivity contribution < 1.29 is 34.2 Å². The molecular weight excluding hydrogens is 432 g/mol. The number of likely N-dealkylation sites (tertiary alicyclic amines) is 1. The first-order valence-electron chi connectivity index (χ1n) is 11.4. The maximum Gasteiger partial charge on any atom is 0.326 e. The molecule has 1 rings (SSSR count). The molecule has 1 aliphatic rings. The highest BCUT2D eigenvalue weighted by Gasteiger charge is 2.39. The number of nitrogens with two attached hydrogens (primary N) is 1. The van der Waals surface area contributed by atoms with Gasteiger partial charge in [-0.15, -0.1) is 0 Å². The summed E-state index contributed by atoms with van der Waals surface area (Å²) in [5.74, 6) is -3.79. The van der Waals surface area contributed by atoms with E-state index in [4.69, 9.17) is 10.8 Å². The van der Waals surface area contributed by atoms with Crippen molar-refractivity contribution in [2.45, 2.75) is 90.4 Å². The molecule has 1 heterocycles. The second-order valence-electron chi connectivity index (χ2n) is 9.45. The van der Waals surface area contributed by atoms with E-state index < -0.39 is 53.8 Å². The van der Waals surface area contributed by atoms with Gasteiger partial charge in [0.25, 0.3) is 0 Å². The Morgan fingerprint density at radius 3 is 2.09 bits per heavy atom. The molecular formula is C22H38N4O7. The Hall–Kier alpha value is -2.69. The Kier molecular flexibility index (Phi) is 11.3. The van der Waals surface area contributed by atoms with Crippen LogP contribution >= 0.6 is 0 Å². The van der Waals surface area contributed by atoms with Gasteiger partial charge >= 0.3 is 11.9 Å². The topological polar surface area (TPSA) is 179 Å². The number of hydrogen-bond acceptors (Lipinski definition) is 6. The van der Waals surface area contributed by atoms with Gasteiger partial charge in [-0.2, -0.15) is 0 Å². The molecule has 188 valence electrons. The molecule has 1 aliphatic heterocycles. The van der Waals surface area contributed by atoms with Crippen molar-refractivity contribution >= 4 is 29.7 Å². The van der Waals surface area contributed by atoms with Gasteiger partial charge in [0.15, 0.2) is 0 Å². The number of amides is 3. The number of carboxylic acid groups (broad SMARTS) is 2. The molecule has 0 bridgehead atoms. The summed E-state index contributed by atoms with van der Waals surface area (Å²) in [4.78, 5) is 62.4. The maximum absolute atomic E-state index is 13.2. The molecule has 11 nitrogen and oxygen atoms in total. The highest BCUT2D eigenvalue weighted by molar-refractivity contribution is 5.94. The molecule has 33 heavy (non-hydrogen) atoms. The molecule has 0 aromatic carbocycles. The van der Waals surface area contributed by atoms with Crippen LogP contribution in [-0.2, 0) is 24.0 Å². The van der Waals surface area contributed by atoms with Crippen LogP contribution in [-0.4, -0.2) is 75.5 Å². The van der Waals surface area contributed by atoms with Crippen LogP contribution in [0.15, 0.2) is 0 Å². The minimum Gasteiger partial charge on any atom is -0.481 e. The standard InChI is InChI=1S/C22H38N4O7/c1-12(2)10-14(23)19(29)24-15(7-8-18(27)28)21(31)26-9-5-6-17(26)20(30)25-16(22(32)33)11-13(3)4/h12-17H,5-11,23H2,1-4H3,(H,24,29)(H,25,30)(H,27,28)(H,32,33). The van der Waals surface area contributed by atoms with Gasteiger partial charge < -0.3 is 31.5 Å². The third kappa shape index (κ3) is 9.37. The van der Waals surface area contributed by atoms with Crippen LogP contribution in [0.3, 0.4) is 0 Å². The lowest BCUT2D eigenvalue weighted by atomic mass is 10.0. The van der Waals surface area contributed by atoms with Crippen LogP contribution in [0.5, 0.6) is 0 Å². The maximum atomic E-state index is 13.2. The first-order valence-corrected chi connectivity index (χ1v) is 11.4. The summed E-state index contributed by atoms with van der Waals surface area (Å²) >= 11 is 0. The number of aliphatic carboxylic acids is 2. The molecule has 0 aromatic rings. The quantitative estimate of drug-likeness (QED) is 0.255. The first-order chi connectivity index (χ1) is 15.3. The summed E-state index contributed by atoms with van der Waals surface area (Å²) in [7, 11) is 0. The zero-order valence-electron chi connectivity index (χ0n) is 19.9. The van der Waals surface area contributed by atoms with Crippen LogP contribution < -0.4 is 16.4 Å². The first kappa shape index (κ1) is 28.3. The van der Waals surface area contributed by atoms with E-state index in [1.165, 1.54) is 4.90 Å². The smallest absolute Gasteiger partial charge is 0.326 e. The van der Waals surface area contributed by atoms with E-state index in [9.17, 15) is 29.1 Å². The van der Waals surface area contributed by atoms with Gasteiger partial charge in [-0.1, -0.05) is 27.7 Å². The Morgan fingerprint density at radius 1 is 0.970 bits per heavy atom. The molecule has 0 aliphatic carbocycles. The van der Waals surface area contributed by atoms with Crippen molar-refractivity contribution in [2.24, 2.45) is 17.6 Å². The van der Waals surface area contributed by atoms with Crippen molar-refractivity contribution in [2.75, 3.05) is 6.54 Å². The lowest BCUT2D eigenvalue weighted by molar-refractivity contribution is -0.145. The van der Waals surface area contributed by atoms with Crippen LogP contribution in [0.25, 0.3) is 0 Å². The fourth-order valence-corrected chi connectivity index (χ4v) is 3.88. The Labute approximate surface area is 194 Å². The lowest BCUT2D eigenvalue weighted by Crippen LogP contribution is -2.57. The number of nitrogens with one attached hydrogen (secondary N) is 2. The average Bonchev–Trinajstić information content (AvgIpc) is 3.18. The van der Waals surface area contributed by atoms with Crippen LogP contribution in [0.2, 0.25) is 0 Å². The van der Waals surface area contributed by atoms with Crippen molar-refractivity contribution in [3.05, 3.63) is 0 Å². The van der Waals surface area contributed by atoms with Crippen LogP contribution in [0.1, 0.15) is 66.2 Å². The third-order valence-corrected chi connectivity index (χ3v) is 5.48. The molecule has 0 spiro atoms. The Balaban J connectivity index is 2.97. The minimum absolute atomic E-state index is 0.0402. The van der Waals surface area contributed by atoms with E-state index in [1.54, 1.807) is 0 Å². The van der Waals surface area contributed by atoms with Crippen LogP contribution in [0.4, 0.5) is 0 Å². The predicted octanol–water partition coefficient (Wildman–Crippen LogP) is 0.316. The van der Waals surface area contributed by atoms with E-state index in [0.29, 0.717) is 19.3 Å². The minimum atomic E-state index is -1.15.